The lowest BCUT2D eigenvalue weighted by Gasteiger charge is -2.09. The molecule has 26 heavy (non-hydrogen) atoms. The maximum absolute atomic E-state index is 12.3. The molecule has 2 aromatic heterocycles. The maximum atomic E-state index is 12.3. The number of fused-ring (bicyclic) bond motifs is 1. The molecule has 0 atom stereocenters. The monoisotopic (exact) mass is 354 g/mol. The summed E-state index contributed by atoms with van der Waals surface area (Å²) in [4.78, 5) is 32.2. The van der Waals surface area contributed by atoms with Gasteiger partial charge in [0.25, 0.3) is 11.6 Å². The number of aromatic nitrogens is 4. The molecule has 0 N–H and O–H groups in total. The van der Waals surface area contributed by atoms with Crippen molar-refractivity contribution in [1.82, 2.24) is 19.6 Å². The lowest BCUT2D eigenvalue weighted by atomic mass is 10.1. The zero-order valence-electron chi connectivity index (χ0n) is 14.9. The fraction of sp³-hybridized carbons (Fsp3) is 0.278. The van der Waals surface area contributed by atoms with E-state index in [0.29, 0.717) is 22.7 Å². The lowest BCUT2D eigenvalue weighted by Crippen LogP contribution is -2.09. The highest BCUT2D eigenvalue weighted by Gasteiger charge is 2.18. The number of methoxy groups -OCH3 is 1. The molecule has 0 fully saturated rings. The van der Waals surface area contributed by atoms with Gasteiger partial charge < -0.3 is 9.47 Å². The number of ketones is 1. The highest BCUT2D eigenvalue weighted by Crippen LogP contribution is 2.21. The number of esters is 1. The summed E-state index contributed by atoms with van der Waals surface area (Å²) in [5, 5.41) is 4.14. The van der Waals surface area contributed by atoms with Gasteiger partial charge in [0.2, 0.25) is 0 Å². The second-order valence-electron chi connectivity index (χ2n) is 5.85. The van der Waals surface area contributed by atoms with Crippen LogP contribution in [0.3, 0.4) is 0 Å². The largest absolute Gasteiger partial charge is 0.496 e. The lowest BCUT2D eigenvalue weighted by molar-refractivity contribution is 0.0456. The van der Waals surface area contributed by atoms with E-state index in [1.54, 1.807) is 18.2 Å². The highest BCUT2D eigenvalue weighted by atomic mass is 16.5. The average molecular weight is 354 g/mol. The van der Waals surface area contributed by atoms with E-state index in [0.717, 1.165) is 11.4 Å². The highest BCUT2D eigenvalue weighted by molar-refractivity contribution is 5.94. The summed E-state index contributed by atoms with van der Waals surface area (Å²) in [5.74, 6) is 0.0272. The number of carbonyl (C=O) groups excluding carboxylic acids is 2. The Labute approximate surface area is 149 Å². The molecule has 0 radical (unpaired) electrons. The van der Waals surface area contributed by atoms with Crippen LogP contribution < -0.4 is 4.74 Å². The van der Waals surface area contributed by atoms with Crippen molar-refractivity contribution in [1.29, 1.82) is 0 Å². The van der Waals surface area contributed by atoms with Crippen LogP contribution >= 0.6 is 0 Å². The van der Waals surface area contributed by atoms with Gasteiger partial charge in [-0.3, -0.25) is 4.79 Å². The zero-order valence-corrected chi connectivity index (χ0v) is 14.9. The number of hydrogen-bond donors (Lipinski definition) is 0. The molecule has 2 heterocycles. The van der Waals surface area contributed by atoms with Gasteiger partial charge in [0.15, 0.2) is 5.78 Å². The number of hydrogen-bond acceptors (Lipinski definition) is 7. The second kappa shape index (κ2) is 6.91. The van der Waals surface area contributed by atoms with Crippen LogP contribution in [0.4, 0.5) is 0 Å². The minimum absolute atomic E-state index is 0.0654. The molecule has 1 aromatic carbocycles. The summed E-state index contributed by atoms with van der Waals surface area (Å²) in [7, 11) is 1.51. The van der Waals surface area contributed by atoms with Crippen molar-refractivity contribution >= 4 is 17.5 Å². The standard InChI is InChI=1S/C18H18N4O4/c1-10-7-11(2)22-18(19-10)20-16(21-22)17(24)26-9-14-8-13(12(3)23)5-6-15(14)25-4/h5-8H,9H2,1-4H3. The average Bonchev–Trinajstić information content (AvgIpc) is 3.03. The van der Waals surface area contributed by atoms with Crippen LogP contribution in [0.2, 0.25) is 0 Å². The molecule has 8 nitrogen and oxygen atoms in total. The maximum Gasteiger partial charge on any atom is 0.378 e. The molecule has 0 bridgehead atoms. The van der Waals surface area contributed by atoms with Gasteiger partial charge >= 0.3 is 5.97 Å². The van der Waals surface area contributed by atoms with E-state index in [-0.39, 0.29) is 18.2 Å². The first-order valence-electron chi connectivity index (χ1n) is 7.95. The van der Waals surface area contributed by atoms with Crippen LogP contribution in [0, 0.1) is 13.8 Å². The van der Waals surface area contributed by atoms with Gasteiger partial charge in [-0.05, 0) is 45.0 Å². The van der Waals surface area contributed by atoms with E-state index in [2.05, 4.69) is 15.1 Å². The number of carbonyl (C=O) groups is 2. The zero-order chi connectivity index (χ0) is 18.8. The number of aryl methyl sites for hydroxylation is 2. The van der Waals surface area contributed by atoms with Crippen LogP contribution in [0.5, 0.6) is 5.75 Å². The second-order valence-corrected chi connectivity index (χ2v) is 5.85. The van der Waals surface area contributed by atoms with E-state index in [1.165, 1.54) is 18.5 Å². The third-order valence-corrected chi connectivity index (χ3v) is 3.85. The summed E-state index contributed by atoms with van der Waals surface area (Å²) in [6, 6.07) is 6.81. The quantitative estimate of drug-likeness (QED) is 0.512. The SMILES string of the molecule is COc1ccc(C(C)=O)cc1COC(=O)c1nc2nc(C)cc(C)n2n1. The normalized spacial score (nSPS) is 10.8. The predicted octanol–water partition coefficient (Wildman–Crippen LogP) is 2.31. The molecule has 0 unspecified atom stereocenters. The van der Waals surface area contributed by atoms with Gasteiger partial charge in [0.1, 0.15) is 12.4 Å². The van der Waals surface area contributed by atoms with Crippen molar-refractivity contribution in [2.24, 2.45) is 0 Å². The van der Waals surface area contributed by atoms with Crippen molar-refractivity contribution < 1.29 is 19.1 Å². The summed E-state index contributed by atoms with van der Waals surface area (Å²) >= 11 is 0. The number of ether oxygens (including phenoxy) is 2. The first kappa shape index (κ1) is 17.5. The molecule has 8 heteroatoms. The van der Waals surface area contributed by atoms with E-state index in [4.69, 9.17) is 9.47 Å². The first-order chi connectivity index (χ1) is 12.4. The van der Waals surface area contributed by atoms with E-state index in [1.807, 2.05) is 19.9 Å². The fourth-order valence-corrected chi connectivity index (χ4v) is 2.57. The predicted molar refractivity (Wildman–Crippen MR) is 92.4 cm³/mol. The van der Waals surface area contributed by atoms with Crippen LogP contribution in [-0.2, 0) is 11.3 Å². The number of benzene rings is 1. The summed E-state index contributed by atoms with van der Waals surface area (Å²) < 4.78 is 12.0. The Hall–Kier alpha value is -3.29. The molecule has 3 rings (SSSR count). The van der Waals surface area contributed by atoms with Gasteiger partial charge in [-0.2, -0.15) is 4.98 Å². The Kier molecular flexibility index (Phi) is 4.66. The molecule has 0 saturated heterocycles. The molecule has 0 amide bonds. The summed E-state index contributed by atoms with van der Waals surface area (Å²) in [6.07, 6.45) is 0. The van der Waals surface area contributed by atoms with Crippen molar-refractivity contribution in [3.05, 3.63) is 52.6 Å². The third-order valence-electron chi connectivity index (χ3n) is 3.85. The van der Waals surface area contributed by atoms with E-state index >= 15 is 0 Å². The molecule has 0 aliphatic carbocycles. The Morgan fingerprint density at radius 1 is 1.15 bits per heavy atom. The minimum Gasteiger partial charge on any atom is -0.496 e. The molecule has 3 aromatic rings. The summed E-state index contributed by atoms with van der Waals surface area (Å²) in [5.41, 5.74) is 2.70. The first-order valence-corrected chi connectivity index (χ1v) is 7.95. The van der Waals surface area contributed by atoms with Crippen molar-refractivity contribution in [2.45, 2.75) is 27.4 Å². The van der Waals surface area contributed by atoms with Crippen LogP contribution in [0.15, 0.2) is 24.3 Å². The Morgan fingerprint density at radius 2 is 1.92 bits per heavy atom. The van der Waals surface area contributed by atoms with Gasteiger partial charge in [0, 0.05) is 22.5 Å². The van der Waals surface area contributed by atoms with Gasteiger partial charge in [-0.25, -0.2) is 14.3 Å². The number of rotatable bonds is 5. The number of Topliss-reactive ketones (excluding diaryl/α,β-unsaturated/α-hetero) is 1. The Morgan fingerprint density at radius 3 is 2.62 bits per heavy atom. The van der Waals surface area contributed by atoms with E-state index < -0.39 is 5.97 Å². The molecule has 0 aliphatic heterocycles. The van der Waals surface area contributed by atoms with Crippen molar-refractivity contribution in [3.8, 4) is 5.75 Å². The number of nitrogens with zero attached hydrogens (tertiary/aromatic N) is 4. The molecular formula is C18H18N4O4. The Bertz CT molecular complexity index is 1010. The topological polar surface area (TPSA) is 95.7 Å². The van der Waals surface area contributed by atoms with Crippen molar-refractivity contribution in [2.75, 3.05) is 7.11 Å². The van der Waals surface area contributed by atoms with Crippen LogP contribution in [0.25, 0.3) is 5.78 Å². The van der Waals surface area contributed by atoms with E-state index in [9.17, 15) is 9.59 Å². The minimum atomic E-state index is -0.678. The molecule has 0 aliphatic rings. The fourth-order valence-electron chi connectivity index (χ4n) is 2.57. The molecule has 134 valence electrons. The molecule has 0 spiro atoms. The Balaban J connectivity index is 1.82. The van der Waals surface area contributed by atoms with Gasteiger partial charge in [-0.1, -0.05) is 0 Å². The van der Waals surface area contributed by atoms with Gasteiger partial charge in [0.05, 0.1) is 7.11 Å². The van der Waals surface area contributed by atoms with Crippen molar-refractivity contribution in [3.63, 3.8) is 0 Å². The van der Waals surface area contributed by atoms with Crippen LogP contribution in [-0.4, -0.2) is 38.4 Å². The molecular weight excluding hydrogens is 336 g/mol. The van der Waals surface area contributed by atoms with Crippen LogP contribution in [0.1, 0.15) is 44.9 Å². The van der Waals surface area contributed by atoms with Gasteiger partial charge in [-0.15, -0.1) is 5.10 Å². The smallest absolute Gasteiger partial charge is 0.378 e. The summed E-state index contributed by atoms with van der Waals surface area (Å²) in [6.45, 7) is 5.09. The third kappa shape index (κ3) is 3.39. The molecule has 0 saturated carbocycles.